The summed E-state index contributed by atoms with van der Waals surface area (Å²) in [5.74, 6) is 0.896. The Morgan fingerprint density at radius 2 is 1.83 bits per heavy atom. The van der Waals surface area contributed by atoms with E-state index in [1.807, 2.05) is 39.1 Å². The van der Waals surface area contributed by atoms with Crippen LogP contribution in [-0.2, 0) is 27.8 Å². The van der Waals surface area contributed by atoms with E-state index >= 15 is 0 Å². The number of nitrogens with one attached hydrogen (secondary N) is 1. The van der Waals surface area contributed by atoms with Gasteiger partial charge in [0.2, 0.25) is 5.91 Å². The predicted octanol–water partition coefficient (Wildman–Crippen LogP) is 3.78. The van der Waals surface area contributed by atoms with Crippen molar-refractivity contribution in [3.05, 3.63) is 83.9 Å². The number of carbonyl (C=O) groups excluding carboxylic acids is 1. The average Bonchev–Trinajstić information content (AvgIpc) is 3.00. The number of sulfonamides is 1. The summed E-state index contributed by atoms with van der Waals surface area (Å²) in [6.45, 7) is 5.48. The molecule has 0 aromatic heterocycles. The van der Waals surface area contributed by atoms with Gasteiger partial charge in [-0.05, 0) is 62.0 Å². The van der Waals surface area contributed by atoms with E-state index in [0.29, 0.717) is 35.8 Å². The summed E-state index contributed by atoms with van der Waals surface area (Å²) in [6.07, 6.45) is -0.250. The summed E-state index contributed by atoms with van der Waals surface area (Å²) in [5, 5.41) is 9.89. The van der Waals surface area contributed by atoms with Crippen molar-refractivity contribution in [1.82, 2.24) is 9.80 Å². The minimum atomic E-state index is -3.88. The monoisotopic (exact) mass is 581 g/mol. The highest BCUT2D eigenvalue weighted by molar-refractivity contribution is 7.92. The summed E-state index contributed by atoms with van der Waals surface area (Å²) in [7, 11) is -0.328. The van der Waals surface area contributed by atoms with E-state index in [-0.39, 0.29) is 41.9 Å². The van der Waals surface area contributed by atoms with Gasteiger partial charge in [0.25, 0.3) is 10.0 Å². The number of likely N-dealkylation sites (N-methyl/N-ethyl adjacent to an activating group) is 1. The summed E-state index contributed by atoms with van der Waals surface area (Å²) in [6, 6.07) is 20.9. The van der Waals surface area contributed by atoms with Gasteiger partial charge in [-0.25, -0.2) is 8.42 Å². The van der Waals surface area contributed by atoms with Gasteiger partial charge in [-0.2, -0.15) is 0 Å². The second kappa shape index (κ2) is 13.4. The van der Waals surface area contributed by atoms with Gasteiger partial charge < -0.3 is 19.5 Å². The predicted molar refractivity (Wildman–Crippen MR) is 159 cm³/mol. The van der Waals surface area contributed by atoms with Crippen LogP contribution >= 0.6 is 0 Å². The number of methoxy groups -OCH3 is 1. The number of aliphatic hydroxyl groups is 1. The summed E-state index contributed by atoms with van der Waals surface area (Å²) in [5.41, 5.74) is 2.08. The molecular formula is C31H39N3O6S. The molecule has 1 aliphatic heterocycles. The van der Waals surface area contributed by atoms with E-state index in [9.17, 15) is 18.3 Å². The fourth-order valence-corrected chi connectivity index (χ4v) is 6.00. The first kappa shape index (κ1) is 30.4. The molecule has 1 aliphatic rings. The topological polar surface area (TPSA) is 108 Å². The van der Waals surface area contributed by atoms with Gasteiger partial charge >= 0.3 is 0 Å². The van der Waals surface area contributed by atoms with Gasteiger partial charge in [0.15, 0.2) is 0 Å². The molecule has 0 saturated carbocycles. The molecule has 4 rings (SSSR count). The highest BCUT2D eigenvalue weighted by Crippen LogP contribution is 2.30. The van der Waals surface area contributed by atoms with Crippen molar-refractivity contribution in [3.8, 4) is 11.5 Å². The largest absolute Gasteiger partial charge is 0.497 e. The maximum atomic E-state index is 13.5. The Bertz CT molecular complexity index is 1420. The first-order valence-corrected chi connectivity index (χ1v) is 15.2. The number of nitrogens with zero attached hydrogens (tertiary/aromatic N) is 2. The van der Waals surface area contributed by atoms with Crippen LogP contribution in [0.4, 0.5) is 5.69 Å². The first-order valence-electron chi connectivity index (χ1n) is 13.7. The van der Waals surface area contributed by atoms with E-state index < -0.39 is 10.0 Å². The zero-order valence-electron chi connectivity index (χ0n) is 24.0. The normalized spacial score (nSPS) is 18.5. The van der Waals surface area contributed by atoms with Crippen molar-refractivity contribution >= 4 is 21.6 Å². The van der Waals surface area contributed by atoms with Gasteiger partial charge in [0.05, 0.1) is 31.1 Å². The van der Waals surface area contributed by atoms with Crippen LogP contribution in [0.2, 0.25) is 0 Å². The molecule has 0 bridgehead atoms. The van der Waals surface area contributed by atoms with Crippen LogP contribution in [0.3, 0.4) is 0 Å². The lowest BCUT2D eigenvalue weighted by molar-refractivity contribution is -0.134. The minimum absolute atomic E-state index is 0.0110. The number of fused-ring (bicyclic) bond motifs is 1. The standard InChI is InChI=1S/C31H39N3O6S/c1-22-18-34(23(2)21-35)31(36)17-25-16-26(32-41(37,38)28-13-11-27(39-4)12-14-28)10-15-29(25)40-30(22)20-33(3)19-24-8-6-5-7-9-24/h5-16,22-23,30,32,35H,17-21H2,1-4H3/t22-,23-,30+/m1/s1. The maximum absolute atomic E-state index is 13.5. The minimum Gasteiger partial charge on any atom is -0.497 e. The molecule has 1 heterocycles. The number of hydrogen-bond donors (Lipinski definition) is 2. The lowest BCUT2D eigenvalue weighted by Crippen LogP contribution is -2.47. The second-order valence-corrected chi connectivity index (χ2v) is 12.4. The quantitative estimate of drug-likeness (QED) is 0.375. The molecule has 0 radical (unpaired) electrons. The maximum Gasteiger partial charge on any atom is 0.261 e. The van der Waals surface area contributed by atoms with E-state index in [1.165, 1.54) is 24.8 Å². The van der Waals surface area contributed by atoms with Crippen LogP contribution in [0.25, 0.3) is 0 Å². The molecule has 9 nitrogen and oxygen atoms in total. The average molecular weight is 582 g/mol. The van der Waals surface area contributed by atoms with Gasteiger partial charge in [-0.1, -0.05) is 37.3 Å². The third kappa shape index (κ3) is 7.78. The molecule has 10 heteroatoms. The number of ether oxygens (including phenoxy) is 2. The molecule has 1 amide bonds. The van der Waals surface area contributed by atoms with Crippen LogP contribution in [0.1, 0.15) is 25.0 Å². The van der Waals surface area contributed by atoms with Crippen molar-refractivity contribution < 1.29 is 27.8 Å². The molecule has 220 valence electrons. The molecule has 0 spiro atoms. The number of hydrogen-bond acceptors (Lipinski definition) is 7. The molecular weight excluding hydrogens is 542 g/mol. The Morgan fingerprint density at radius 3 is 2.49 bits per heavy atom. The number of amides is 1. The Kier molecular flexibility index (Phi) is 9.90. The van der Waals surface area contributed by atoms with Gasteiger partial charge in [-0.15, -0.1) is 0 Å². The molecule has 0 unspecified atom stereocenters. The molecule has 3 aromatic rings. The first-order chi connectivity index (χ1) is 19.6. The Hall–Kier alpha value is -3.60. The van der Waals surface area contributed by atoms with Crippen LogP contribution in [0.15, 0.2) is 77.7 Å². The van der Waals surface area contributed by atoms with Crippen LogP contribution in [-0.4, -0.2) is 75.2 Å². The van der Waals surface area contributed by atoms with Crippen molar-refractivity contribution in [2.75, 3.05) is 38.6 Å². The van der Waals surface area contributed by atoms with Crippen molar-refractivity contribution in [2.24, 2.45) is 5.92 Å². The number of benzene rings is 3. The Morgan fingerprint density at radius 1 is 1.12 bits per heavy atom. The van der Waals surface area contributed by atoms with Crippen LogP contribution < -0.4 is 14.2 Å². The molecule has 2 N–H and O–H groups in total. The van der Waals surface area contributed by atoms with Gasteiger partial charge in [0, 0.05) is 36.8 Å². The molecule has 3 aromatic carbocycles. The molecule has 3 atom stereocenters. The SMILES string of the molecule is COc1ccc(S(=O)(=O)Nc2ccc3c(c2)CC(=O)N([C@H](C)CO)C[C@@H](C)[C@H](CN(C)Cc2ccccc2)O3)cc1. The summed E-state index contributed by atoms with van der Waals surface area (Å²) in [4.78, 5) is 17.4. The fourth-order valence-electron chi connectivity index (χ4n) is 4.95. The van der Waals surface area contributed by atoms with Crippen molar-refractivity contribution in [3.63, 3.8) is 0 Å². The number of anilines is 1. The fraction of sp³-hybridized carbons (Fsp3) is 0.387. The summed E-state index contributed by atoms with van der Waals surface area (Å²) >= 11 is 0. The van der Waals surface area contributed by atoms with Gasteiger partial charge in [0.1, 0.15) is 17.6 Å². The highest BCUT2D eigenvalue weighted by atomic mass is 32.2. The molecule has 41 heavy (non-hydrogen) atoms. The van der Waals surface area contributed by atoms with E-state index in [4.69, 9.17) is 9.47 Å². The van der Waals surface area contributed by atoms with E-state index in [0.717, 1.165) is 6.54 Å². The van der Waals surface area contributed by atoms with E-state index in [1.54, 1.807) is 35.2 Å². The number of carbonyl (C=O) groups is 1. The second-order valence-electron chi connectivity index (χ2n) is 10.7. The van der Waals surface area contributed by atoms with Gasteiger partial charge in [-0.3, -0.25) is 14.4 Å². The Labute approximate surface area is 242 Å². The smallest absolute Gasteiger partial charge is 0.261 e. The third-order valence-corrected chi connectivity index (χ3v) is 8.72. The van der Waals surface area contributed by atoms with Crippen molar-refractivity contribution in [2.45, 2.75) is 43.9 Å². The lowest BCUT2D eigenvalue weighted by Gasteiger charge is -2.34. The lowest BCUT2D eigenvalue weighted by atomic mass is 10.0. The van der Waals surface area contributed by atoms with Crippen LogP contribution in [0, 0.1) is 5.92 Å². The molecule has 0 fully saturated rings. The Balaban J connectivity index is 1.62. The number of rotatable bonds is 10. The van der Waals surface area contributed by atoms with Crippen LogP contribution in [0.5, 0.6) is 11.5 Å². The summed E-state index contributed by atoms with van der Waals surface area (Å²) < 4.78 is 40.4. The number of aliphatic hydroxyl groups excluding tert-OH is 1. The zero-order valence-corrected chi connectivity index (χ0v) is 24.8. The van der Waals surface area contributed by atoms with E-state index in [2.05, 4.69) is 21.8 Å². The highest BCUT2D eigenvalue weighted by Gasteiger charge is 2.31. The molecule has 0 aliphatic carbocycles. The third-order valence-electron chi connectivity index (χ3n) is 7.33. The van der Waals surface area contributed by atoms with Crippen molar-refractivity contribution in [1.29, 1.82) is 0 Å². The molecule has 0 saturated heterocycles. The zero-order chi connectivity index (χ0) is 29.6.